The van der Waals surface area contributed by atoms with E-state index < -0.39 is 17.0 Å². The number of fused-ring (bicyclic) bond motifs is 1. The highest BCUT2D eigenvalue weighted by Gasteiger charge is 2.48. The number of ether oxygens (including phenoxy) is 1. The second-order valence-electron chi connectivity index (χ2n) is 10.5. The first-order valence-corrected chi connectivity index (χ1v) is 13.2. The molecule has 3 aliphatic rings. The van der Waals surface area contributed by atoms with Gasteiger partial charge in [0.05, 0.1) is 12.1 Å². The van der Waals surface area contributed by atoms with E-state index in [1.54, 1.807) is 11.0 Å². The van der Waals surface area contributed by atoms with Gasteiger partial charge in [0, 0.05) is 17.3 Å². The molecule has 2 aromatic carbocycles. The van der Waals surface area contributed by atoms with Crippen molar-refractivity contribution in [3.05, 3.63) is 54.3 Å². The van der Waals surface area contributed by atoms with Crippen LogP contribution < -0.4 is 15.5 Å². The Morgan fingerprint density at radius 2 is 1.74 bits per heavy atom. The zero-order chi connectivity index (χ0) is 26.3. The van der Waals surface area contributed by atoms with Crippen molar-refractivity contribution in [2.24, 2.45) is 0 Å². The molecule has 3 N–H and O–H groups in total. The fourth-order valence-electron chi connectivity index (χ4n) is 5.43. The minimum Gasteiger partial charge on any atom is -0.451 e. The summed E-state index contributed by atoms with van der Waals surface area (Å²) in [5.41, 5.74) is 1.55. The third kappa shape index (κ3) is 4.42. The summed E-state index contributed by atoms with van der Waals surface area (Å²) in [6, 6.07) is 15.0. The number of rotatable bonds is 7. The lowest BCUT2D eigenvalue weighted by Gasteiger charge is -2.37. The lowest BCUT2D eigenvalue weighted by atomic mass is 9.80. The maximum atomic E-state index is 13.3. The molecule has 1 aromatic heterocycles. The van der Waals surface area contributed by atoms with Crippen LogP contribution >= 0.6 is 0 Å². The van der Waals surface area contributed by atoms with E-state index >= 15 is 0 Å². The van der Waals surface area contributed by atoms with E-state index in [2.05, 4.69) is 10.6 Å². The molecule has 196 valence electrons. The van der Waals surface area contributed by atoms with Gasteiger partial charge in [0.25, 0.3) is 5.91 Å². The Hall–Kier alpha value is -4.14. The number of amides is 3. The largest absolute Gasteiger partial charge is 0.451 e. The van der Waals surface area contributed by atoms with Crippen LogP contribution in [0.3, 0.4) is 0 Å². The first-order valence-electron chi connectivity index (χ1n) is 13.2. The summed E-state index contributed by atoms with van der Waals surface area (Å²) in [6.07, 6.45) is 6.29. The summed E-state index contributed by atoms with van der Waals surface area (Å²) in [5.74, 6) is -0.489. The van der Waals surface area contributed by atoms with Gasteiger partial charge < -0.3 is 25.2 Å². The molecule has 0 bridgehead atoms. The minimum atomic E-state index is -1.00. The van der Waals surface area contributed by atoms with Crippen LogP contribution in [0.4, 0.5) is 10.5 Å². The second kappa shape index (κ2) is 9.31. The highest BCUT2D eigenvalue weighted by Crippen LogP contribution is 2.36. The molecule has 2 saturated carbocycles. The topological polar surface area (TPSA) is 125 Å². The van der Waals surface area contributed by atoms with Gasteiger partial charge in [0.2, 0.25) is 5.91 Å². The molecule has 1 saturated heterocycles. The molecule has 0 unspecified atom stereocenters. The molecule has 0 radical (unpaired) electrons. The Labute approximate surface area is 220 Å². The molecule has 9 heteroatoms. The van der Waals surface area contributed by atoms with E-state index in [9.17, 15) is 14.4 Å². The van der Waals surface area contributed by atoms with Gasteiger partial charge in [-0.25, -0.2) is 4.79 Å². The number of hydrogen-bond donors (Lipinski definition) is 3. The number of cyclic esters (lactones) is 1. The fourth-order valence-corrected chi connectivity index (χ4v) is 5.43. The van der Waals surface area contributed by atoms with Crippen LogP contribution in [0.1, 0.15) is 55.5 Å². The zero-order valence-corrected chi connectivity index (χ0v) is 21.0. The SMILES string of the molecule is N=CC1(NC(=O)C2(NC(=O)c3cc4ccc(-c5cccc(N6CCOC6=O)c5)cc4o3)CCCCC2)CC1. The van der Waals surface area contributed by atoms with Crippen molar-refractivity contribution in [3.63, 3.8) is 0 Å². The lowest BCUT2D eigenvalue weighted by Crippen LogP contribution is -2.61. The van der Waals surface area contributed by atoms with Gasteiger partial charge in [-0.2, -0.15) is 0 Å². The summed E-state index contributed by atoms with van der Waals surface area (Å²) in [6.45, 7) is 0.887. The van der Waals surface area contributed by atoms with Crippen molar-refractivity contribution in [2.75, 3.05) is 18.1 Å². The number of nitrogens with zero attached hydrogens (tertiary/aromatic N) is 1. The average Bonchev–Trinajstić information content (AvgIpc) is 3.36. The first-order chi connectivity index (χ1) is 18.4. The van der Waals surface area contributed by atoms with Crippen LogP contribution in [-0.2, 0) is 9.53 Å². The predicted molar refractivity (Wildman–Crippen MR) is 143 cm³/mol. The van der Waals surface area contributed by atoms with Crippen molar-refractivity contribution >= 4 is 40.8 Å². The van der Waals surface area contributed by atoms with Crippen molar-refractivity contribution in [3.8, 4) is 11.1 Å². The third-order valence-corrected chi connectivity index (χ3v) is 7.92. The summed E-state index contributed by atoms with van der Waals surface area (Å²) in [7, 11) is 0. The number of benzene rings is 2. The summed E-state index contributed by atoms with van der Waals surface area (Å²) in [5, 5.41) is 14.4. The van der Waals surface area contributed by atoms with Gasteiger partial charge >= 0.3 is 6.09 Å². The Bertz CT molecular complexity index is 1430. The maximum Gasteiger partial charge on any atom is 0.414 e. The highest BCUT2D eigenvalue weighted by molar-refractivity contribution is 6.01. The van der Waals surface area contributed by atoms with Gasteiger partial charge in [-0.05, 0) is 61.1 Å². The molecule has 2 aliphatic carbocycles. The van der Waals surface area contributed by atoms with Crippen molar-refractivity contribution < 1.29 is 23.5 Å². The number of anilines is 1. The molecule has 3 fully saturated rings. The average molecular weight is 515 g/mol. The standard InChI is InChI=1S/C29H30N4O5/c30-18-28(11-12-28)32-26(35)29(9-2-1-3-10-29)31-25(34)24-17-21-8-7-20(16-23(21)38-24)19-5-4-6-22(15-19)33-13-14-37-27(33)36/h4-8,15-18,30H,1-3,9-14H2,(H,31,34)(H,32,35). The monoisotopic (exact) mass is 514 g/mol. The van der Waals surface area contributed by atoms with Crippen molar-refractivity contribution in [2.45, 2.75) is 56.0 Å². The Morgan fingerprint density at radius 3 is 2.45 bits per heavy atom. The van der Waals surface area contributed by atoms with Gasteiger partial charge in [0.15, 0.2) is 5.76 Å². The number of carbonyl (C=O) groups is 3. The molecule has 6 rings (SSSR count). The summed E-state index contributed by atoms with van der Waals surface area (Å²) < 4.78 is 11.0. The third-order valence-electron chi connectivity index (χ3n) is 7.92. The molecule has 0 atom stereocenters. The minimum absolute atomic E-state index is 0.150. The Balaban J connectivity index is 1.24. The maximum absolute atomic E-state index is 13.3. The van der Waals surface area contributed by atoms with Gasteiger partial charge in [-0.3, -0.25) is 14.5 Å². The van der Waals surface area contributed by atoms with Crippen LogP contribution in [0.25, 0.3) is 22.1 Å². The zero-order valence-electron chi connectivity index (χ0n) is 21.0. The van der Waals surface area contributed by atoms with Gasteiger partial charge in [0.1, 0.15) is 17.7 Å². The summed E-state index contributed by atoms with van der Waals surface area (Å²) in [4.78, 5) is 40.2. The quantitative estimate of drug-likeness (QED) is 0.391. The molecular weight excluding hydrogens is 484 g/mol. The number of carbonyl (C=O) groups excluding carboxylic acids is 3. The molecule has 9 nitrogen and oxygen atoms in total. The molecule has 3 amide bonds. The van der Waals surface area contributed by atoms with E-state index in [1.807, 2.05) is 42.5 Å². The molecule has 1 aliphatic heterocycles. The Kier molecular flexibility index (Phi) is 5.93. The molecule has 0 spiro atoms. The van der Waals surface area contributed by atoms with Crippen LogP contribution in [0.15, 0.2) is 52.9 Å². The lowest BCUT2D eigenvalue weighted by molar-refractivity contribution is -0.129. The highest BCUT2D eigenvalue weighted by atomic mass is 16.6. The Morgan fingerprint density at radius 1 is 0.947 bits per heavy atom. The normalized spacial score (nSPS) is 19.6. The van der Waals surface area contributed by atoms with E-state index in [-0.39, 0.29) is 17.8 Å². The molecule has 2 heterocycles. The second-order valence-corrected chi connectivity index (χ2v) is 10.5. The van der Waals surface area contributed by atoms with Gasteiger partial charge in [-0.15, -0.1) is 0 Å². The van der Waals surface area contributed by atoms with E-state index in [4.69, 9.17) is 14.6 Å². The number of nitrogens with one attached hydrogen (secondary N) is 3. The van der Waals surface area contributed by atoms with Crippen LogP contribution in [0.5, 0.6) is 0 Å². The predicted octanol–water partition coefficient (Wildman–Crippen LogP) is 4.79. The fraction of sp³-hybridized carbons (Fsp3) is 0.379. The molecular formula is C29H30N4O5. The summed E-state index contributed by atoms with van der Waals surface area (Å²) >= 11 is 0. The van der Waals surface area contributed by atoms with Crippen molar-refractivity contribution in [1.29, 1.82) is 5.41 Å². The van der Waals surface area contributed by atoms with E-state index in [1.165, 1.54) is 6.21 Å². The molecule has 3 aromatic rings. The number of hydrogen-bond acceptors (Lipinski definition) is 6. The molecule has 38 heavy (non-hydrogen) atoms. The first kappa shape index (κ1) is 24.2. The van der Waals surface area contributed by atoms with Crippen LogP contribution in [0.2, 0.25) is 0 Å². The van der Waals surface area contributed by atoms with Crippen molar-refractivity contribution in [1.82, 2.24) is 10.6 Å². The number of furan rings is 1. The van der Waals surface area contributed by atoms with E-state index in [0.717, 1.165) is 54.3 Å². The van der Waals surface area contributed by atoms with E-state index in [0.29, 0.717) is 31.6 Å². The van der Waals surface area contributed by atoms with Crippen LogP contribution in [-0.4, -0.2) is 48.4 Å². The smallest absolute Gasteiger partial charge is 0.414 e. The van der Waals surface area contributed by atoms with Gasteiger partial charge in [-0.1, -0.05) is 43.5 Å². The van der Waals surface area contributed by atoms with Crippen LogP contribution in [0, 0.1) is 5.41 Å².